The molecule has 0 amide bonds. The van der Waals surface area contributed by atoms with Crippen LogP contribution in [0.3, 0.4) is 0 Å². The van der Waals surface area contributed by atoms with Crippen LogP contribution >= 0.6 is 24.0 Å². The van der Waals surface area contributed by atoms with E-state index in [1.807, 2.05) is 31.2 Å². The van der Waals surface area contributed by atoms with E-state index in [0.717, 1.165) is 17.7 Å². The number of alkyl halides is 2. The monoisotopic (exact) mass is 535 g/mol. The Morgan fingerprint density at radius 1 is 1.00 bits per heavy atom. The number of halogens is 3. The maximum absolute atomic E-state index is 12.7. The van der Waals surface area contributed by atoms with Crippen molar-refractivity contribution in [2.75, 3.05) is 27.3 Å². The number of nitrogens with one attached hydrogen (secondary N) is 2. The van der Waals surface area contributed by atoms with Crippen molar-refractivity contribution >= 4 is 29.9 Å². The molecule has 0 aliphatic carbocycles. The van der Waals surface area contributed by atoms with Crippen molar-refractivity contribution in [3.63, 3.8) is 0 Å². The van der Waals surface area contributed by atoms with Crippen molar-refractivity contribution in [2.24, 2.45) is 4.99 Å². The van der Waals surface area contributed by atoms with Crippen molar-refractivity contribution in [2.45, 2.75) is 26.5 Å². The van der Waals surface area contributed by atoms with E-state index in [1.54, 1.807) is 19.2 Å². The van der Waals surface area contributed by atoms with Gasteiger partial charge < -0.3 is 24.8 Å². The standard InChI is InChI=1S/C21H27F2N3O3.HI/c1-4-24-21(25-12-11-15-7-5-6-8-18(15)28-3)26-14-16-13-17(27-2)9-10-19(16)29-20(22)23;/h5-10,13,20H,4,11-12,14H2,1-3H3,(H2,24,25,26);1H. The van der Waals surface area contributed by atoms with Crippen molar-refractivity contribution in [3.8, 4) is 17.2 Å². The lowest BCUT2D eigenvalue weighted by Gasteiger charge is -2.14. The van der Waals surface area contributed by atoms with Crippen LogP contribution in [0.15, 0.2) is 47.5 Å². The Hall–Kier alpha value is -2.30. The van der Waals surface area contributed by atoms with Crippen LogP contribution in [0.1, 0.15) is 18.1 Å². The molecule has 0 aromatic heterocycles. The van der Waals surface area contributed by atoms with Crippen LogP contribution in [-0.4, -0.2) is 39.9 Å². The molecule has 2 N–H and O–H groups in total. The highest BCUT2D eigenvalue weighted by Crippen LogP contribution is 2.26. The second kappa shape index (κ2) is 13.8. The van der Waals surface area contributed by atoms with Crippen LogP contribution in [0, 0.1) is 0 Å². The van der Waals surface area contributed by atoms with Crippen molar-refractivity contribution in [1.82, 2.24) is 10.6 Å². The third-order valence-corrected chi connectivity index (χ3v) is 4.11. The predicted molar refractivity (Wildman–Crippen MR) is 125 cm³/mol. The number of para-hydroxylation sites is 1. The van der Waals surface area contributed by atoms with Gasteiger partial charge in [0.15, 0.2) is 5.96 Å². The summed E-state index contributed by atoms with van der Waals surface area (Å²) in [6.07, 6.45) is 0.743. The van der Waals surface area contributed by atoms with E-state index in [-0.39, 0.29) is 36.3 Å². The predicted octanol–water partition coefficient (Wildman–Crippen LogP) is 4.22. The van der Waals surface area contributed by atoms with Gasteiger partial charge in [-0.2, -0.15) is 8.78 Å². The smallest absolute Gasteiger partial charge is 0.387 e. The summed E-state index contributed by atoms with van der Waals surface area (Å²) >= 11 is 0. The summed E-state index contributed by atoms with van der Waals surface area (Å²) in [6.45, 7) is 0.500. The van der Waals surface area contributed by atoms with E-state index < -0.39 is 6.61 Å². The van der Waals surface area contributed by atoms with Crippen LogP contribution in [0.4, 0.5) is 8.78 Å². The maximum atomic E-state index is 12.7. The highest BCUT2D eigenvalue weighted by molar-refractivity contribution is 14.0. The summed E-state index contributed by atoms with van der Waals surface area (Å²) < 4.78 is 40.5. The van der Waals surface area contributed by atoms with Crippen LogP contribution < -0.4 is 24.8 Å². The molecule has 0 fully saturated rings. The minimum atomic E-state index is -2.90. The first-order valence-corrected chi connectivity index (χ1v) is 9.33. The lowest BCUT2D eigenvalue weighted by molar-refractivity contribution is -0.0504. The molecule has 2 rings (SSSR count). The molecule has 0 radical (unpaired) electrons. The van der Waals surface area contributed by atoms with Gasteiger partial charge in [-0.15, -0.1) is 24.0 Å². The van der Waals surface area contributed by atoms with E-state index in [0.29, 0.717) is 30.4 Å². The van der Waals surface area contributed by atoms with Gasteiger partial charge in [-0.25, -0.2) is 4.99 Å². The SMILES string of the molecule is CCNC(=NCc1cc(OC)ccc1OC(F)F)NCCc1ccccc1OC.I. The molecule has 0 spiro atoms. The lowest BCUT2D eigenvalue weighted by Crippen LogP contribution is -2.38. The Morgan fingerprint density at radius 3 is 2.43 bits per heavy atom. The van der Waals surface area contributed by atoms with Crippen LogP contribution in [0.2, 0.25) is 0 Å². The van der Waals surface area contributed by atoms with E-state index in [2.05, 4.69) is 20.4 Å². The molecule has 0 aliphatic rings. The van der Waals surface area contributed by atoms with Gasteiger partial charge in [-0.3, -0.25) is 0 Å². The Bertz CT molecular complexity index is 807. The summed E-state index contributed by atoms with van der Waals surface area (Å²) in [5.74, 6) is 2.04. The number of ether oxygens (including phenoxy) is 3. The molecule has 0 heterocycles. The second-order valence-corrected chi connectivity index (χ2v) is 6.04. The largest absolute Gasteiger partial charge is 0.497 e. The first-order valence-electron chi connectivity index (χ1n) is 9.33. The number of rotatable bonds is 10. The number of benzene rings is 2. The molecule has 0 bridgehead atoms. The number of hydrogen-bond donors (Lipinski definition) is 2. The molecule has 9 heteroatoms. The normalized spacial score (nSPS) is 10.9. The van der Waals surface area contributed by atoms with Crippen molar-refractivity contribution in [1.29, 1.82) is 0 Å². The Kier molecular flexibility index (Phi) is 11.9. The Morgan fingerprint density at radius 2 is 1.77 bits per heavy atom. The molecule has 2 aromatic rings. The van der Waals surface area contributed by atoms with Crippen LogP contribution in [-0.2, 0) is 13.0 Å². The van der Waals surface area contributed by atoms with Crippen molar-refractivity contribution < 1.29 is 23.0 Å². The van der Waals surface area contributed by atoms with Gasteiger partial charge in [-0.1, -0.05) is 18.2 Å². The Labute approximate surface area is 193 Å². The molecule has 2 aromatic carbocycles. The lowest BCUT2D eigenvalue weighted by atomic mass is 10.1. The zero-order valence-corrected chi connectivity index (χ0v) is 19.6. The highest BCUT2D eigenvalue weighted by atomic mass is 127. The van der Waals surface area contributed by atoms with Crippen LogP contribution in [0.5, 0.6) is 17.2 Å². The molecule has 0 aliphatic heterocycles. The average molecular weight is 535 g/mol. The fourth-order valence-electron chi connectivity index (χ4n) is 2.75. The topological polar surface area (TPSA) is 64.1 Å². The number of nitrogens with zero attached hydrogens (tertiary/aromatic N) is 1. The number of aliphatic imine (C=N–C) groups is 1. The van der Waals surface area contributed by atoms with Gasteiger partial charge in [0, 0.05) is 18.7 Å². The zero-order valence-electron chi connectivity index (χ0n) is 17.3. The summed E-state index contributed by atoms with van der Waals surface area (Å²) in [7, 11) is 3.16. The van der Waals surface area contributed by atoms with E-state index in [4.69, 9.17) is 9.47 Å². The van der Waals surface area contributed by atoms with Gasteiger partial charge in [0.1, 0.15) is 17.2 Å². The third-order valence-electron chi connectivity index (χ3n) is 4.11. The van der Waals surface area contributed by atoms with E-state index in [9.17, 15) is 8.78 Å². The minimum Gasteiger partial charge on any atom is -0.497 e. The fraction of sp³-hybridized carbons (Fsp3) is 0.381. The summed E-state index contributed by atoms with van der Waals surface area (Å²) in [6, 6.07) is 12.5. The molecule has 0 saturated heterocycles. The molecule has 0 atom stereocenters. The maximum Gasteiger partial charge on any atom is 0.387 e. The summed E-state index contributed by atoms with van der Waals surface area (Å²) in [5.41, 5.74) is 1.59. The third kappa shape index (κ3) is 8.21. The van der Waals surface area contributed by atoms with Gasteiger partial charge >= 0.3 is 6.61 Å². The molecule has 30 heavy (non-hydrogen) atoms. The van der Waals surface area contributed by atoms with Gasteiger partial charge in [0.2, 0.25) is 0 Å². The van der Waals surface area contributed by atoms with E-state index in [1.165, 1.54) is 13.2 Å². The molecule has 0 saturated carbocycles. The molecule has 0 unspecified atom stereocenters. The highest BCUT2D eigenvalue weighted by Gasteiger charge is 2.11. The molecular formula is C21H28F2IN3O3. The van der Waals surface area contributed by atoms with Crippen molar-refractivity contribution in [3.05, 3.63) is 53.6 Å². The average Bonchev–Trinajstić information content (AvgIpc) is 2.72. The molecular weight excluding hydrogens is 507 g/mol. The molecule has 6 nitrogen and oxygen atoms in total. The first-order chi connectivity index (χ1) is 14.1. The van der Waals surface area contributed by atoms with Gasteiger partial charge in [-0.05, 0) is 43.2 Å². The minimum absolute atomic E-state index is 0. The Balaban J connectivity index is 0.00000450. The van der Waals surface area contributed by atoms with Crippen LogP contribution in [0.25, 0.3) is 0 Å². The summed E-state index contributed by atoms with van der Waals surface area (Å²) in [4.78, 5) is 4.48. The number of hydrogen-bond acceptors (Lipinski definition) is 4. The molecule has 166 valence electrons. The van der Waals surface area contributed by atoms with Gasteiger partial charge in [0.05, 0.1) is 20.8 Å². The second-order valence-electron chi connectivity index (χ2n) is 6.04. The first kappa shape index (κ1) is 25.7. The number of guanidine groups is 1. The zero-order chi connectivity index (χ0) is 21.1. The fourth-order valence-corrected chi connectivity index (χ4v) is 2.75. The summed E-state index contributed by atoms with van der Waals surface area (Å²) in [5, 5.41) is 6.39. The number of methoxy groups -OCH3 is 2. The quantitative estimate of drug-likeness (QED) is 0.271. The van der Waals surface area contributed by atoms with Gasteiger partial charge in [0.25, 0.3) is 0 Å². The van der Waals surface area contributed by atoms with E-state index >= 15 is 0 Å².